The molecule has 0 aromatic carbocycles. The number of amides is 1. The molecule has 14 heavy (non-hydrogen) atoms. The molecule has 0 saturated carbocycles. The molecule has 0 aliphatic heterocycles. The van der Waals surface area contributed by atoms with Gasteiger partial charge >= 0.3 is 0 Å². The third-order valence-corrected chi connectivity index (χ3v) is 2.11. The molecule has 0 aliphatic rings. The van der Waals surface area contributed by atoms with Crippen LogP contribution >= 0.6 is 15.9 Å². The van der Waals surface area contributed by atoms with E-state index in [4.69, 9.17) is 11.5 Å². The van der Waals surface area contributed by atoms with E-state index in [2.05, 4.69) is 20.9 Å². The highest BCUT2D eigenvalue weighted by Crippen LogP contribution is 2.26. The van der Waals surface area contributed by atoms with Crippen LogP contribution in [0.2, 0.25) is 0 Å². The highest BCUT2D eigenvalue weighted by molar-refractivity contribution is 9.10. The van der Waals surface area contributed by atoms with Crippen LogP contribution in [-0.4, -0.2) is 10.9 Å². The summed E-state index contributed by atoms with van der Waals surface area (Å²) in [5.41, 5.74) is 9.66. The molecule has 0 atom stereocenters. The molecular formula is C7H6BrF2N3O. The van der Waals surface area contributed by atoms with Crippen LogP contribution in [0.5, 0.6) is 0 Å². The van der Waals surface area contributed by atoms with E-state index in [1.54, 1.807) is 0 Å². The maximum Gasteiger partial charge on any atom is 0.280 e. The van der Waals surface area contributed by atoms with Crippen LogP contribution in [0.3, 0.4) is 0 Å². The van der Waals surface area contributed by atoms with Crippen molar-refractivity contribution >= 4 is 27.7 Å². The number of aromatic nitrogens is 1. The van der Waals surface area contributed by atoms with Gasteiger partial charge in [-0.3, -0.25) is 4.79 Å². The quantitative estimate of drug-likeness (QED) is 0.850. The number of hydrogen-bond donors (Lipinski definition) is 2. The fraction of sp³-hybridized carbons (Fsp3) is 0.143. The molecule has 0 fully saturated rings. The molecule has 1 rings (SSSR count). The van der Waals surface area contributed by atoms with Gasteiger partial charge in [0, 0.05) is 4.47 Å². The summed E-state index contributed by atoms with van der Waals surface area (Å²) in [4.78, 5) is 14.2. The van der Waals surface area contributed by atoms with Crippen molar-refractivity contribution in [2.45, 2.75) is 6.43 Å². The summed E-state index contributed by atoms with van der Waals surface area (Å²) < 4.78 is 24.5. The van der Waals surface area contributed by atoms with E-state index in [1.165, 1.54) is 0 Å². The number of carbonyl (C=O) groups is 1. The first-order chi connectivity index (χ1) is 6.43. The monoisotopic (exact) mass is 265 g/mol. The van der Waals surface area contributed by atoms with Gasteiger partial charge in [-0.1, -0.05) is 0 Å². The topological polar surface area (TPSA) is 82.0 Å². The second-order valence-corrected chi connectivity index (χ2v) is 3.31. The second-order valence-electron chi connectivity index (χ2n) is 2.45. The van der Waals surface area contributed by atoms with Gasteiger partial charge in [0.05, 0.1) is 5.56 Å². The summed E-state index contributed by atoms with van der Waals surface area (Å²) in [7, 11) is 0. The van der Waals surface area contributed by atoms with E-state index in [-0.39, 0.29) is 15.9 Å². The molecular weight excluding hydrogens is 260 g/mol. The highest BCUT2D eigenvalue weighted by Gasteiger charge is 2.17. The van der Waals surface area contributed by atoms with Crippen LogP contribution in [0.4, 0.5) is 14.6 Å². The van der Waals surface area contributed by atoms with Gasteiger partial charge in [0.1, 0.15) is 11.5 Å². The third kappa shape index (κ3) is 1.98. The number of primary amides is 1. The Morgan fingerprint density at radius 3 is 2.50 bits per heavy atom. The minimum absolute atomic E-state index is 0.0885. The van der Waals surface area contributed by atoms with Crippen LogP contribution < -0.4 is 11.5 Å². The highest BCUT2D eigenvalue weighted by atomic mass is 79.9. The Labute approximate surface area is 86.4 Å². The molecule has 7 heteroatoms. The zero-order valence-corrected chi connectivity index (χ0v) is 8.38. The van der Waals surface area contributed by atoms with Crippen molar-refractivity contribution in [2.75, 3.05) is 5.73 Å². The summed E-state index contributed by atoms with van der Waals surface area (Å²) in [5.74, 6) is -1.12. The lowest BCUT2D eigenvalue weighted by Crippen LogP contribution is -2.16. The lowest BCUT2D eigenvalue weighted by Gasteiger charge is -2.06. The van der Waals surface area contributed by atoms with Crippen molar-refractivity contribution in [3.05, 3.63) is 21.8 Å². The standard InChI is InChI=1S/C7H6BrF2N3O/c8-2-1-3(5(9)10)13-6(11)4(2)7(12)14/h1,5H,(H2,11,13)(H2,12,14). The minimum atomic E-state index is -2.74. The Morgan fingerprint density at radius 1 is 1.57 bits per heavy atom. The van der Waals surface area contributed by atoms with Crippen molar-refractivity contribution in [2.24, 2.45) is 5.73 Å². The van der Waals surface area contributed by atoms with Crippen LogP contribution in [0.25, 0.3) is 0 Å². The van der Waals surface area contributed by atoms with Gasteiger partial charge in [-0.25, -0.2) is 13.8 Å². The van der Waals surface area contributed by atoms with Crippen molar-refractivity contribution in [1.29, 1.82) is 0 Å². The van der Waals surface area contributed by atoms with E-state index in [9.17, 15) is 13.6 Å². The largest absolute Gasteiger partial charge is 0.383 e. The molecule has 1 aromatic rings. The number of pyridine rings is 1. The molecule has 0 radical (unpaired) electrons. The lowest BCUT2D eigenvalue weighted by molar-refractivity contribution is 0.0999. The molecule has 4 N–H and O–H groups in total. The average Bonchev–Trinajstić information content (AvgIpc) is 2.01. The van der Waals surface area contributed by atoms with Crippen LogP contribution in [0, 0.1) is 0 Å². The van der Waals surface area contributed by atoms with Gasteiger partial charge in [0.2, 0.25) is 0 Å². The number of anilines is 1. The van der Waals surface area contributed by atoms with Crippen LogP contribution in [-0.2, 0) is 0 Å². The number of hydrogen-bond acceptors (Lipinski definition) is 3. The Hall–Kier alpha value is -1.24. The van der Waals surface area contributed by atoms with Gasteiger partial charge in [-0.2, -0.15) is 0 Å². The fourth-order valence-corrected chi connectivity index (χ4v) is 1.54. The summed E-state index contributed by atoms with van der Waals surface area (Å²) >= 11 is 2.91. The molecule has 0 saturated heterocycles. The smallest absolute Gasteiger partial charge is 0.280 e. The number of nitrogens with two attached hydrogens (primary N) is 2. The summed E-state index contributed by atoms with van der Waals surface area (Å²) in [6.45, 7) is 0. The normalized spacial score (nSPS) is 10.6. The van der Waals surface area contributed by atoms with Gasteiger partial charge in [-0.05, 0) is 22.0 Å². The number of nitrogens with zero attached hydrogens (tertiary/aromatic N) is 1. The number of nitrogen functional groups attached to an aromatic ring is 1. The summed E-state index contributed by atoms with van der Waals surface area (Å²) in [6, 6.07) is 1.02. The predicted molar refractivity (Wildman–Crippen MR) is 49.8 cm³/mol. The molecule has 0 spiro atoms. The first kappa shape index (κ1) is 10.8. The summed E-state index contributed by atoms with van der Waals surface area (Å²) in [6.07, 6.45) is -2.74. The molecule has 0 aliphatic carbocycles. The van der Waals surface area contributed by atoms with E-state index < -0.39 is 18.0 Å². The molecule has 1 amide bonds. The molecule has 1 aromatic heterocycles. The van der Waals surface area contributed by atoms with Crippen LogP contribution in [0.15, 0.2) is 10.5 Å². The number of carbonyl (C=O) groups excluding carboxylic acids is 1. The predicted octanol–water partition coefficient (Wildman–Crippen LogP) is 1.46. The summed E-state index contributed by atoms with van der Waals surface area (Å²) in [5, 5.41) is 0. The number of halogens is 3. The fourth-order valence-electron chi connectivity index (χ4n) is 0.907. The maximum atomic E-state index is 12.2. The molecule has 0 unspecified atom stereocenters. The zero-order valence-electron chi connectivity index (χ0n) is 6.80. The Morgan fingerprint density at radius 2 is 2.14 bits per heavy atom. The van der Waals surface area contributed by atoms with Crippen molar-refractivity contribution < 1.29 is 13.6 Å². The van der Waals surface area contributed by atoms with Gasteiger partial charge in [-0.15, -0.1) is 0 Å². The van der Waals surface area contributed by atoms with E-state index >= 15 is 0 Å². The number of rotatable bonds is 2. The van der Waals surface area contributed by atoms with Crippen molar-refractivity contribution in [3.8, 4) is 0 Å². The molecule has 1 heterocycles. The number of alkyl halides is 2. The Bertz CT molecular complexity index is 360. The Kier molecular flexibility index (Phi) is 3.00. The van der Waals surface area contributed by atoms with E-state index in [0.29, 0.717) is 0 Å². The molecule has 0 bridgehead atoms. The molecule has 76 valence electrons. The van der Waals surface area contributed by atoms with Gasteiger partial charge in [0.25, 0.3) is 12.3 Å². The van der Waals surface area contributed by atoms with Crippen LogP contribution in [0.1, 0.15) is 22.5 Å². The first-order valence-electron chi connectivity index (χ1n) is 3.47. The van der Waals surface area contributed by atoms with Gasteiger partial charge < -0.3 is 11.5 Å². The second kappa shape index (κ2) is 3.87. The first-order valence-corrected chi connectivity index (χ1v) is 4.26. The minimum Gasteiger partial charge on any atom is -0.383 e. The average molecular weight is 266 g/mol. The third-order valence-electron chi connectivity index (χ3n) is 1.49. The van der Waals surface area contributed by atoms with Crippen molar-refractivity contribution in [1.82, 2.24) is 4.98 Å². The Balaban J connectivity index is 3.32. The van der Waals surface area contributed by atoms with E-state index in [0.717, 1.165) is 6.07 Å². The SMILES string of the molecule is NC(=O)c1c(Br)cc(C(F)F)nc1N. The molecule has 4 nitrogen and oxygen atoms in total. The van der Waals surface area contributed by atoms with E-state index in [1.807, 2.05) is 0 Å². The van der Waals surface area contributed by atoms with Gasteiger partial charge in [0.15, 0.2) is 0 Å². The maximum absolute atomic E-state index is 12.2. The van der Waals surface area contributed by atoms with Crippen molar-refractivity contribution in [3.63, 3.8) is 0 Å². The lowest BCUT2D eigenvalue weighted by atomic mass is 10.2. The zero-order chi connectivity index (χ0) is 10.9.